The molecule has 1 N–H and O–H groups in total. The minimum Gasteiger partial charge on any atom is -0.381 e. The Kier molecular flexibility index (Phi) is 5.07. The molecule has 0 aromatic rings. The van der Waals surface area contributed by atoms with Gasteiger partial charge in [-0.05, 0) is 64.2 Å². The zero-order valence-corrected chi connectivity index (χ0v) is 10.6. The van der Waals surface area contributed by atoms with E-state index in [1.165, 1.54) is 51.9 Å². The molecule has 0 aromatic carbocycles. The Hall–Kier alpha value is -0.120. The predicted octanol–water partition coefficient (Wildman–Crippen LogP) is 1.34. The first-order chi connectivity index (χ1) is 7.84. The minimum absolute atomic E-state index is 0.857. The summed E-state index contributed by atoms with van der Waals surface area (Å²) in [6.07, 6.45) is 5.28. The van der Waals surface area contributed by atoms with Crippen LogP contribution in [0.1, 0.15) is 25.7 Å². The first-order valence-corrected chi connectivity index (χ1v) is 6.81. The van der Waals surface area contributed by atoms with Gasteiger partial charge in [0.15, 0.2) is 0 Å². The molecule has 2 saturated heterocycles. The van der Waals surface area contributed by atoms with Gasteiger partial charge in [-0.1, -0.05) is 0 Å². The molecule has 0 amide bonds. The zero-order chi connectivity index (χ0) is 11.2. The third-order valence-corrected chi connectivity index (χ3v) is 3.93. The van der Waals surface area contributed by atoms with Gasteiger partial charge in [0.25, 0.3) is 0 Å². The minimum atomic E-state index is 0.857. The van der Waals surface area contributed by atoms with Gasteiger partial charge in [-0.2, -0.15) is 0 Å². The Bertz CT molecular complexity index is 192. The second-order valence-corrected chi connectivity index (χ2v) is 5.48. The molecule has 2 fully saturated rings. The predicted molar refractivity (Wildman–Crippen MR) is 66.6 cm³/mol. The number of ether oxygens (including phenoxy) is 1. The lowest BCUT2D eigenvalue weighted by Gasteiger charge is -2.30. The molecule has 0 aliphatic carbocycles. The highest BCUT2D eigenvalue weighted by molar-refractivity contribution is 4.74. The van der Waals surface area contributed by atoms with Crippen molar-refractivity contribution < 1.29 is 4.74 Å². The van der Waals surface area contributed by atoms with Crippen molar-refractivity contribution in [1.29, 1.82) is 0 Å². The Balaban J connectivity index is 1.56. The van der Waals surface area contributed by atoms with Crippen LogP contribution < -0.4 is 5.32 Å². The summed E-state index contributed by atoms with van der Waals surface area (Å²) in [4.78, 5) is 2.46. The van der Waals surface area contributed by atoms with Crippen LogP contribution in [-0.4, -0.2) is 51.3 Å². The highest BCUT2D eigenvalue weighted by atomic mass is 16.5. The van der Waals surface area contributed by atoms with Crippen LogP contribution in [0.3, 0.4) is 0 Å². The molecule has 3 nitrogen and oxygen atoms in total. The van der Waals surface area contributed by atoms with E-state index in [0.717, 1.165) is 25.0 Å². The van der Waals surface area contributed by atoms with Crippen LogP contribution in [0.15, 0.2) is 0 Å². The van der Waals surface area contributed by atoms with Crippen LogP contribution in [0, 0.1) is 11.8 Å². The van der Waals surface area contributed by atoms with E-state index in [-0.39, 0.29) is 0 Å². The summed E-state index contributed by atoms with van der Waals surface area (Å²) in [5.41, 5.74) is 0. The van der Waals surface area contributed by atoms with Gasteiger partial charge in [0, 0.05) is 19.8 Å². The second-order valence-electron chi connectivity index (χ2n) is 5.48. The van der Waals surface area contributed by atoms with E-state index in [1.54, 1.807) is 0 Å². The number of hydrogen-bond acceptors (Lipinski definition) is 3. The first kappa shape index (κ1) is 12.3. The smallest absolute Gasteiger partial charge is 0.0469 e. The van der Waals surface area contributed by atoms with Crippen LogP contribution in [0.5, 0.6) is 0 Å². The standard InChI is InChI=1S/C13H26N2O/c1-15-6-2-3-13(11-15)10-14-9-12-4-7-16-8-5-12/h12-14H,2-11H2,1H3. The van der Waals surface area contributed by atoms with Crippen LogP contribution in [0.25, 0.3) is 0 Å². The van der Waals surface area contributed by atoms with Crippen molar-refractivity contribution in [2.45, 2.75) is 25.7 Å². The van der Waals surface area contributed by atoms with E-state index in [0.29, 0.717) is 0 Å². The summed E-state index contributed by atoms with van der Waals surface area (Å²) < 4.78 is 5.38. The van der Waals surface area contributed by atoms with Crippen LogP contribution in [0.2, 0.25) is 0 Å². The molecule has 1 atom stereocenters. The van der Waals surface area contributed by atoms with Gasteiger partial charge in [-0.15, -0.1) is 0 Å². The molecule has 2 aliphatic heterocycles. The molecular formula is C13H26N2O. The molecule has 0 saturated carbocycles. The average molecular weight is 226 g/mol. The van der Waals surface area contributed by atoms with Gasteiger partial charge in [-0.25, -0.2) is 0 Å². The topological polar surface area (TPSA) is 24.5 Å². The third kappa shape index (κ3) is 4.04. The van der Waals surface area contributed by atoms with Crippen molar-refractivity contribution in [2.75, 3.05) is 46.4 Å². The lowest BCUT2D eigenvalue weighted by molar-refractivity contribution is 0.0656. The van der Waals surface area contributed by atoms with Gasteiger partial charge < -0.3 is 15.0 Å². The fourth-order valence-corrected chi connectivity index (χ4v) is 2.88. The van der Waals surface area contributed by atoms with E-state index >= 15 is 0 Å². The average Bonchev–Trinajstić information content (AvgIpc) is 2.30. The highest BCUT2D eigenvalue weighted by Crippen LogP contribution is 2.16. The number of nitrogens with one attached hydrogen (secondary N) is 1. The lowest BCUT2D eigenvalue weighted by Crippen LogP contribution is -2.39. The highest BCUT2D eigenvalue weighted by Gasteiger charge is 2.18. The molecule has 2 heterocycles. The Morgan fingerprint density at radius 1 is 1.12 bits per heavy atom. The van der Waals surface area contributed by atoms with Gasteiger partial charge in [-0.3, -0.25) is 0 Å². The summed E-state index contributed by atoms with van der Waals surface area (Å²) >= 11 is 0. The summed E-state index contributed by atoms with van der Waals surface area (Å²) in [6, 6.07) is 0. The molecule has 94 valence electrons. The quantitative estimate of drug-likeness (QED) is 0.783. The second kappa shape index (κ2) is 6.58. The largest absolute Gasteiger partial charge is 0.381 e. The molecule has 0 radical (unpaired) electrons. The molecule has 0 spiro atoms. The SMILES string of the molecule is CN1CCCC(CNCC2CCOCC2)C1. The monoisotopic (exact) mass is 226 g/mol. The van der Waals surface area contributed by atoms with Crippen molar-refractivity contribution in [2.24, 2.45) is 11.8 Å². The summed E-state index contributed by atoms with van der Waals surface area (Å²) in [7, 11) is 2.24. The normalized spacial score (nSPS) is 29.4. The Labute approximate surface area is 99.5 Å². The van der Waals surface area contributed by atoms with Gasteiger partial charge in [0.05, 0.1) is 0 Å². The fourth-order valence-electron chi connectivity index (χ4n) is 2.88. The van der Waals surface area contributed by atoms with Crippen LogP contribution in [-0.2, 0) is 4.74 Å². The molecular weight excluding hydrogens is 200 g/mol. The molecule has 2 aliphatic rings. The van der Waals surface area contributed by atoms with Gasteiger partial charge in [0.1, 0.15) is 0 Å². The third-order valence-electron chi connectivity index (χ3n) is 3.93. The van der Waals surface area contributed by atoms with Crippen molar-refractivity contribution in [1.82, 2.24) is 10.2 Å². The summed E-state index contributed by atoms with van der Waals surface area (Å²) in [5.74, 6) is 1.73. The molecule has 0 aromatic heterocycles. The number of rotatable bonds is 4. The van der Waals surface area contributed by atoms with Gasteiger partial charge >= 0.3 is 0 Å². The van der Waals surface area contributed by atoms with Crippen molar-refractivity contribution in [3.8, 4) is 0 Å². The van der Waals surface area contributed by atoms with E-state index in [4.69, 9.17) is 4.74 Å². The van der Waals surface area contributed by atoms with E-state index < -0.39 is 0 Å². The molecule has 1 unspecified atom stereocenters. The number of hydrogen-bond donors (Lipinski definition) is 1. The number of nitrogens with zero attached hydrogens (tertiary/aromatic N) is 1. The molecule has 16 heavy (non-hydrogen) atoms. The van der Waals surface area contributed by atoms with Crippen LogP contribution >= 0.6 is 0 Å². The fraction of sp³-hybridized carbons (Fsp3) is 1.00. The maximum absolute atomic E-state index is 5.38. The summed E-state index contributed by atoms with van der Waals surface area (Å²) in [6.45, 7) is 6.92. The Morgan fingerprint density at radius 3 is 2.62 bits per heavy atom. The summed E-state index contributed by atoms with van der Waals surface area (Å²) in [5, 5.41) is 3.66. The molecule has 3 heteroatoms. The van der Waals surface area contributed by atoms with Crippen molar-refractivity contribution in [3.05, 3.63) is 0 Å². The number of likely N-dealkylation sites (tertiary alicyclic amines) is 1. The first-order valence-electron chi connectivity index (χ1n) is 6.81. The molecule has 2 rings (SSSR count). The van der Waals surface area contributed by atoms with Crippen molar-refractivity contribution >= 4 is 0 Å². The zero-order valence-electron chi connectivity index (χ0n) is 10.6. The van der Waals surface area contributed by atoms with E-state index in [1.807, 2.05) is 0 Å². The Morgan fingerprint density at radius 2 is 1.88 bits per heavy atom. The van der Waals surface area contributed by atoms with Crippen molar-refractivity contribution in [3.63, 3.8) is 0 Å². The van der Waals surface area contributed by atoms with Crippen LogP contribution in [0.4, 0.5) is 0 Å². The number of piperidine rings is 1. The lowest BCUT2D eigenvalue weighted by atomic mass is 9.97. The van der Waals surface area contributed by atoms with E-state index in [9.17, 15) is 0 Å². The maximum atomic E-state index is 5.38. The van der Waals surface area contributed by atoms with E-state index in [2.05, 4.69) is 17.3 Å². The van der Waals surface area contributed by atoms with Gasteiger partial charge in [0.2, 0.25) is 0 Å². The molecule has 0 bridgehead atoms. The maximum Gasteiger partial charge on any atom is 0.0469 e.